The highest BCUT2D eigenvalue weighted by atomic mass is 19.3. The van der Waals surface area contributed by atoms with E-state index in [0.29, 0.717) is 18.6 Å². The average molecular weight is 512 g/mol. The number of hydrogen-bond acceptors (Lipinski definition) is 2. The molecule has 9 heteroatoms. The molecule has 0 saturated carbocycles. The number of benzene rings is 3. The predicted molar refractivity (Wildman–Crippen MR) is 120 cm³/mol. The van der Waals surface area contributed by atoms with Crippen molar-refractivity contribution in [2.75, 3.05) is 6.61 Å². The number of halogens is 7. The Hall–Kier alpha value is -3.07. The third-order valence-electron chi connectivity index (χ3n) is 6.24. The molecule has 2 nitrogen and oxygen atoms in total. The van der Waals surface area contributed by atoms with Crippen LogP contribution < -0.4 is 4.74 Å². The Morgan fingerprint density at radius 1 is 0.806 bits per heavy atom. The lowest BCUT2D eigenvalue weighted by Gasteiger charge is -2.33. The van der Waals surface area contributed by atoms with E-state index in [1.807, 2.05) is 6.92 Å². The van der Waals surface area contributed by atoms with E-state index < -0.39 is 46.9 Å². The molecule has 3 aromatic carbocycles. The first-order valence-electron chi connectivity index (χ1n) is 11.5. The number of hydrogen-bond donors (Lipinski definition) is 0. The third kappa shape index (κ3) is 5.36. The molecular weight excluding hydrogens is 489 g/mol. The van der Waals surface area contributed by atoms with Crippen LogP contribution >= 0.6 is 0 Å². The van der Waals surface area contributed by atoms with Gasteiger partial charge in [-0.05, 0) is 60.6 Å². The van der Waals surface area contributed by atoms with E-state index >= 15 is 0 Å². The second-order valence-corrected chi connectivity index (χ2v) is 8.78. The molecule has 1 aliphatic heterocycles. The zero-order valence-corrected chi connectivity index (χ0v) is 19.3. The molecule has 0 N–H and O–H groups in total. The number of ether oxygens (including phenoxy) is 2. The monoisotopic (exact) mass is 512 g/mol. The third-order valence-corrected chi connectivity index (χ3v) is 6.24. The van der Waals surface area contributed by atoms with Crippen LogP contribution in [0.15, 0.2) is 48.5 Å². The summed E-state index contributed by atoms with van der Waals surface area (Å²) in [4.78, 5) is 0. The summed E-state index contributed by atoms with van der Waals surface area (Å²) in [5.41, 5.74) is -0.912. The van der Waals surface area contributed by atoms with Crippen LogP contribution in [0.25, 0.3) is 22.3 Å². The normalized spacial score (nSPS) is 18.3. The van der Waals surface area contributed by atoms with E-state index in [-0.39, 0.29) is 41.4 Å². The quantitative estimate of drug-likeness (QED) is 0.234. The summed E-state index contributed by atoms with van der Waals surface area (Å²) in [7, 11) is 0. The maximum Gasteiger partial charge on any atom is 0.424 e. The van der Waals surface area contributed by atoms with E-state index in [9.17, 15) is 30.7 Å². The molecule has 1 saturated heterocycles. The first-order chi connectivity index (χ1) is 17.1. The van der Waals surface area contributed by atoms with Crippen LogP contribution in [0.2, 0.25) is 0 Å². The Bertz CT molecular complexity index is 1200. The molecule has 0 aliphatic carbocycles. The SMILES string of the molecule is CCCC1CCC(C(F)(F)Oc2ccc(-c3ccc(-c4cc(F)c(F)c(F)c4)c(F)c3F)cc2)OC1. The second-order valence-electron chi connectivity index (χ2n) is 8.78. The summed E-state index contributed by atoms with van der Waals surface area (Å²) in [6, 6.07) is 8.32. The summed E-state index contributed by atoms with van der Waals surface area (Å²) < 4.78 is 109. The van der Waals surface area contributed by atoms with Crippen molar-refractivity contribution in [3.63, 3.8) is 0 Å². The van der Waals surface area contributed by atoms with Crippen LogP contribution in [0.1, 0.15) is 32.6 Å². The fraction of sp³-hybridized carbons (Fsp3) is 0.333. The van der Waals surface area contributed by atoms with Crippen molar-refractivity contribution in [2.45, 2.75) is 44.8 Å². The van der Waals surface area contributed by atoms with E-state index in [1.54, 1.807) is 0 Å². The van der Waals surface area contributed by atoms with Gasteiger partial charge >= 0.3 is 6.11 Å². The van der Waals surface area contributed by atoms with Gasteiger partial charge in [0, 0.05) is 11.1 Å². The highest BCUT2D eigenvalue weighted by Crippen LogP contribution is 2.36. The molecule has 0 radical (unpaired) electrons. The summed E-state index contributed by atoms with van der Waals surface area (Å²) in [5.74, 6) is -7.46. The molecule has 1 fully saturated rings. The van der Waals surface area contributed by atoms with Gasteiger partial charge in [0.2, 0.25) is 0 Å². The molecule has 0 aromatic heterocycles. The van der Waals surface area contributed by atoms with Crippen LogP contribution in [0.4, 0.5) is 30.7 Å². The van der Waals surface area contributed by atoms with E-state index in [2.05, 4.69) is 0 Å². The van der Waals surface area contributed by atoms with Crippen molar-refractivity contribution in [1.29, 1.82) is 0 Å². The van der Waals surface area contributed by atoms with Crippen molar-refractivity contribution in [3.8, 4) is 28.0 Å². The topological polar surface area (TPSA) is 18.5 Å². The minimum atomic E-state index is -3.57. The molecule has 1 aliphatic rings. The van der Waals surface area contributed by atoms with Crippen molar-refractivity contribution in [3.05, 3.63) is 77.6 Å². The maximum atomic E-state index is 14.8. The first kappa shape index (κ1) is 26.0. The molecular formula is C27H23F7O2. The molecule has 2 unspecified atom stereocenters. The van der Waals surface area contributed by atoms with Gasteiger partial charge in [0.15, 0.2) is 35.2 Å². The van der Waals surface area contributed by atoms with Gasteiger partial charge in [-0.15, -0.1) is 0 Å². The Morgan fingerprint density at radius 3 is 1.92 bits per heavy atom. The molecule has 4 rings (SSSR count). The second kappa shape index (κ2) is 10.5. The molecule has 0 bridgehead atoms. The zero-order valence-electron chi connectivity index (χ0n) is 19.3. The lowest BCUT2D eigenvalue weighted by Crippen LogP contribution is -2.44. The molecule has 1 heterocycles. The summed E-state index contributed by atoms with van der Waals surface area (Å²) >= 11 is 0. The number of rotatable bonds is 7. The number of alkyl halides is 2. The van der Waals surface area contributed by atoms with Gasteiger partial charge in [-0.1, -0.05) is 37.6 Å². The molecule has 36 heavy (non-hydrogen) atoms. The van der Waals surface area contributed by atoms with Gasteiger partial charge in [0.25, 0.3) is 0 Å². The lowest BCUT2D eigenvalue weighted by atomic mass is 9.94. The van der Waals surface area contributed by atoms with Crippen molar-refractivity contribution >= 4 is 0 Å². The Labute approximate surface area is 203 Å². The summed E-state index contributed by atoms with van der Waals surface area (Å²) in [6.07, 6.45) is -2.31. The van der Waals surface area contributed by atoms with Crippen LogP contribution in [0.5, 0.6) is 5.75 Å². The smallest absolute Gasteiger partial charge is 0.424 e. The Kier molecular flexibility index (Phi) is 7.59. The summed E-state index contributed by atoms with van der Waals surface area (Å²) in [6.45, 7) is 2.27. The van der Waals surface area contributed by atoms with Gasteiger partial charge in [-0.25, -0.2) is 22.0 Å². The first-order valence-corrected chi connectivity index (χ1v) is 11.5. The van der Waals surface area contributed by atoms with E-state index in [4.69, 9.17) is 9.47 Å². The van der Waals surface area contributed by atoms with Gasteiger partial charge in [-0.3, -0.25) is 0 Å². The Morgan fingerprint density at radius 2 is 1.39 bits per heavy atom. The standard InChI is InChI=1S/C27H23F7O2/c1-2-3-15-4-11-23(35-14-15)27(33,34)36-18-7-5-16(6-8-18)19-9-10-20(25(31)24(19)30)17-12-21(28)26(32)22(29)13-17/h5-10,12-13,15,23H,2-4,11,14H2,1H3. The average Bonchev–Trinajstić information content (AvgIpc) is 2.85. The van der Waals surface area contributed by atoms with Gasteiger partial charge < -0.3 is 9.47 Å². The molecule has 3 aromatic rings. The minimum Gasteiger partial charge on any atom is -0.431 e. The zero-order chi connectivity index (χ0) is 26.0. The van der Waals surface area contributed by atoms with Crippen molar-refractivity contribution in [2.24, 2.45) is 5.92 Å². The lowest BCUT2D eigenvalue weighted by molar-refractivity contribution is -0.264. The molecule has 2 atom stereocenters. The van der Waals surface area contributed by atoms with Crippen LogP contribution in [-0.4, -0.2) is 18.8 Å². The minimum absolute atomic E-state index is 0.154. The van der Waals surface area contributed by atoms with Gasteiger partial charge in [0.1, 0.15) is 5.75 Å². The van der Waals surface area contributed by atoms with E-state index in [1.165, 1.54) is 30.3 Å². The largest absolute Gasteiger partial charge is 0.431 e. The fourth-order valence-corrected chi connectivity index (χ4v) is 4.34. The highest BCUT2D eigenvalue weighted by molar-refractivity contribution is 5.72. The van der Waals surface area contributed by atoms with Crippen LogP contribution in [-0.2, 0) is 4.74 Å². The van der Waals surface area contributed by atoms with Crippen molar-refractivity contribution in [1.82, 2.24) is 0 Å². The highest BCUT2D eigenvalue weighted by Gasteiger charge is 2.45. The van der Waals surface area contributed by atoms with Crippen LogP contribution in [0.3, 0.4) is 0 Å². The Balaban J connectivity index is 1.50. The van der Waals surface area contributed by atoms with Gasteiger partial charge in [-0.2, -0.15) is 8.78 Å². The summed E-state index contributed by atoms with van der Waals surface area (Å²) in [5, 5.41) is 0. The predicted octanol–water partition coefficient (Wildman–Crippen LogP) is 8.28. The maximum absolute atomic E-state index is 14.8. The fourth-order valence-electron chi connectivity index (χ4n) is 4.34. The molecule has 192 valence electrons. The van der Waals surface area contributed by atoms with E-state index in [0.717, 1.165) is 18.9 Å². The molecule has 0 amide bonds. The van der Waals surface area contributed by atoms with Crippen LogP contribution in [0, 0.1) is 35.0 Å². The molecule has 0 spiro atoms. The van der Waals surface area contributed by atoms with Crippen molar-refractivity contribution < 1.29 is 40.2 Å². The van der Waals surface area contributed by atoms with Gasteiger partial charge in [0.05, 0.1) is 6.61 Å².